The summed E-state index contributed by atoms with van der Waals surface area (Å²) in [4.78, 5) is 23.7. The van der Waals surface area contributed by atoms with Crippen LogP contribution in [0.2, 0.25) is 0 Å². The summed E-state index contributed by atoms with van der Waals surface area (Å²) in [5.74, 6) is 2.82. The Morgan fingerprint density at radius 1 is 1.28 bits per heavy atom. The number of rotatable bonds is 6. The van der Waals surface area contributed by atoms with Crippen LogP contribution in [-0.2, 0) is 17.8 Å². The van der Waals surface area contributed by atoms with Crippen molar-refractivity contribution < 1.29 is 4.79 Å². The average molecular weight is 345 g/mol. The molecule has 0 spiro atoms. The minimum atomic E-state index is 0.252. The number of nitrogens with one attached hydrogen (secondary N) is 1. The summed E-state index contributed by atoms with van der Waals surface area (Å²) >= 11 is 0. The molecule has 0 unspecified atom stereocenters. The number of nitrogens with zero attached hydrogens (tertiary/aromatic N) is 3. The van der Waals surface area contributed by atoms with Crippen molar-refractivity contribution in [2.45, 2.75) is 58.9 Å². The summed E-state index contributed by atoms with van der Waals surface area (Å²) < 4.78 is 0. The number of amides is 1. The van der Waals surface area contributed by atoms with Crippen LogP contribution in [0.25, 0.3) is 0 Å². The molecule has 25 heavy (non-hydrogen) atoms. The van der Waals surface area contributed by atoms with Gasteiger partial charge in [0.15, 0.2) is 0 Å². The molecule has 3 rings (SSSR count). The quantitative estimate of drug-likeness (QED) is 0.862. The van der Waals surface area contributed by atoms with Gasteiger partial charge in [0.1, 0.15) is 5.82 Å². The van der Waals surface area contributed by atoms with E-state index < -0.39 is 0 Å². The Morgan fingerprint density at radius 2 is 2.08 bits per heavy atom. The van der Waals surface area contributed by atoms with Gasteiger partial charge in [-0.25, -0.2) is 9.97 Å². The second-order valence-electron chi connectivity index (χ2n) is 7.91. The highest BCUT2D eigenvalue weighted by atomic mass is 16.1. The second-order valence-corrected chi connectivity index (χ2v) is 7.91. The molecule has 1 aliphatic carbocycles. The molecule has 1 aliphatic heterocycles. The van der Waals surface area contributed by atoms with Crippen LogP contribution in [0.15, 0.2) is 12.3 Å². The molecule has 1 saturated heterocycles. The minimum absolute atomic E-state index is 0.252. The summed E-state index contributed by atoms with van der Waals surface area (Å²) in [5, 5.41) is 3.22. The van der Waals surface area contributed by atoms with E-state index in [1.54, 1.807) is 0 Å². The molecule has 0 bridgehead atoms. The molecule has 2 heterocycles. The monoisotopic (exact) mass is 344 g/mol. The Balaban J connectivity index is 1.40. The van der Waals surface area contributed by atoms with Crippen LogP contribution >= 0.6 is 0 Å². The fourth-order valence-electron chi connectivity index (χ4n) is 4.06. The van der Waals surface area contributed by atoms with Gasteiger partial charge in [-0.15, -0.1) is 0 Å². The zero-order chi connectivity index (χ0) is 17.6. The third kappa shape index (κ3) is 5.24. The maximum Gasteiger partial charge on any atom is 0.223 e. The fraction of sp³-hybridized carbons (Fsp3) is 0.750. The molecule has 1 N–H and O–H groups in total. The normalized spacial score (nSPS) is 27.4. The van der Waals surface area contributed by atoms with E-state index in [0.29, 0.717) is 5.92 Å². The van der Waals surface area contributed by atoms with Gasteiger partial charge >= 0.3 is 0 Å². The number of carbonyl (C=O) groups excluding carboxylic acids is 1. The van der Waals surface area contributed by atoms with Gasteiger partial charge < -0.3 is 5.32 Å². The van der Waals surface area contributed by atoms with Gasteiger partial charge in [0.2, 0.25) is 5.91 Å². The lowest BCUT2D eigenvalue weighted by molar-refractivity contribution is -0.126. The van der Waals surface area contributed by atoms with E-state index in [0.717, 1.165) is 69.3 Å². The van der Waals surface area contributed by atoms with Crippen LogP contribution in [0, 0.1) is 17.8 Å². The van der Waals surface area contributed by atoms with Crippen molar-refractivity contribution in [1.29, 1.82) is 0 Å². The van der Waals surface area contributed by atoms with Crippen LogP contribution < -0.4 is 5.32 Å². The van der Waals surface area contributed by atoms with Gasteiger partial charge in [-0.2, -0.15) is 0 Å². The summed E-state index contributed by atoms with van der Waals surface area (Å²) in [7, 11) is 0. The highest BCUT2D eigenvalue weighted by Gasteiger charge is 2.27. The SMILES string of the molecule is CCc1nccc(CN2CC[C@@H](CNC(=O)C3CCC(C)CC3)C2)n1. The Bertz CT molecular complexity index is 569. The van der Waals surface area contributed by atoms with Crippen molar-refractivity contribution >= 4 is 5.91 Å². The van der Waals surface area contributed by atoms with E-state index in [1.807, 2.05) is 12.3 Å². The van der Waals surface area contributed by atoms with E-state index in [1.165, 1.54) is 12.8 Å². The van der Waals surface area contributed by atoms with E-state index in [4.69, 9.17) is 0 Å². The molecular weight excluding hydrogens is 312 g/mol. The van der Waals surface area contributed by atoms with Crippen LogP contribution in [0.3, 0.4) is 0 Å². The largest absolute Gasteiger partial charge is 0.356 e. The molecule has 1 aromatic rings. The first kappa shape index (κ1) is 18.3. The van der Waals surface area contributed by atoms with Crippen molar-refractivity contribution in [3.05, 3.63) is 23.8 Å². The van der Waals surface area contributed by atoms with Crippen LogP contribution in [0.4, 0.5) is 0 Å². The molecular formula is C20H32N4O. The molecule has 5 heteroatoms. The predicted octanol–water partition coefficient (Wildman–Crippen LogP) is 2.80. The molecule has 1 aromatic heterocycles. The molecule has 1 saturated carbocycles. The van der Waals surface area contributed by atoms with Gasteiger partial charge in [-0.05, 0) is 56.6 Å². The highest BCUT2D eigenvalue weighted by molar-refractivity contribution is 5.78. The number of carbonyl (C=O) groups is 1. The molecule has 1 amide bonds. The van der Waals surface area contributed by atoms with Crippen LogP contribution in [0.1, 0.15) is 57.5 Å². The minimum Gasteiger partial charge on any atom is -0.356 e. The number of hydrogen-bond acceptors (Lipinski definition) is 4. The first-order valence-corrected chi connectivity index (χ1v) is 9.95. The number of likely N-dealkylation sites (tertiary alicyclic amines) is 1. The zero-order valence-corrected chi connectivity index (χ0v) is 15.7. The molecule has 5 nitrogen and oxygen atoms in total. The summed E-state index contributed by atoms with van der Waals surface area (Å²) in [6.07, 6.45) is 8.44. The van der Waals surface area contributed by atoms with Gasteiger partial charge in [-0.3, -0.25) is 9.69 Å². The lowest BCUT2D eigenvalue weighted by Crippen LogP contribution is -2.36. The van der Waals surface area contributed by atoms with E-state index in [2.05, 4.69) is 34.0 Å². The first-order chi connectivity index (χ1) is 12.1. The summed E-state index contributed by atoms with van der Waals surface area (Å²) in [6, 6.07) is 2.01. The Hall–Kier alpha value is -1.49. The van der Waals surface area contributed by atoms with Gasteiger partial charge in [0, 0.05) is 38.2 Å². The van der Waals surface area contributed by atoms with Crippen molar-refractivity contribution in [2.24, 2.45) is 17.8 Å². The predicted molar refractivity (Wildman–Crippen MR) is 98.9 cm³/mol. The summed E-state index contributed by atoms with van der Waals surface area (Å²) in [5.41, 5.74) is 1.10. The Labute approximate surface area is 151 Å². The lowest BCUT2D eigenvalue weighted by Gasteiger charge is -2.25. The molecule has 1 atom stereocenters. The standard InChI is InChI=1S/C20H32N4O/c1-3-19-21-10-8-18(23-19)14-24-11-9-16(13-24)12-22-20(25)17-6-4-15(2)5-7-17/h8,10,15-17H,3-7,9,11-14H2,1-2H3,(H,22,25)/t15?,16-,17?/m0/s1. The Morgan fingerprint density at radius 3 is 2.84 bits per heavy atom. The van der Waals surface area contributed by atoms with Crippen molar-refractivity contribution in [3.63, 3.8) is 0 Å². The lowest BCUT2D eigenvalue weighted by atomic mass is 9.82. The third-order valence-corrected chi connectivity index (χ3v) is 5.79. The topological polar surface area (TPSA) is 58.1 Å². The third-order valence-electron chi connectivity index (χ3n) is 5.79. The Kier molecular flexibility index (Phi) is 6.40. The zero-order valence-electron chi connectivity index (χ0n) is 15.7. The summed E-state index contributed by atoms with van der Waals surface area (Å²) in [6.45, 7) is 8.23. The average Bonchev–Trinajstić information content (AvgIpc) is 3.08. The molecule has 0 aromatic carbocycles. The van der Waals surface area contributed by atoms with E-state index >= 15 is 0 Å². The van der Waals surface area contributed by atoms with Gasteiger partial charge in [-0.1, -0.05) is 13.8 Å². The molecule has 138 valence electrons. The highest BCUT2D eigenvalue weighted by Crippen LogP contribution is 2.28. The molecule has 2 fully saturated rings. The van der Waals surface area contributed by atoms with Gasteiger partial charge in [0.25, 0.3) is 0 Å². The van der Waals surface area contributed by atoms with E-state index in [-0.39, 0.29) is 11.8 Å². The first-order valence-electron chi connectivity index (χ1n) is 9.95. The second kappa shape index (κ2) is 8.75. The van der Waals surface area contributed by atoms with Crippen molar-refractivity contribution in [3.8, 4) is 0 Å². The van der Waals surface area contributed by atoms with Gasteiger partial charge in [0.05, 0.1) is 5.69 Å². The van der Waals surface area contributed by atoms with Crippen LogP contribution in [-0.4, -0.2) is 40.4 Å². The molecule has 0 radical (unpaired) electrons. The maximum absolute atomic E-state index is 12.4. The number of aryl methyl sites for hydroxylation is 1. The maximum atomic E-state index is 12.4. The number of hydrogen-bond donors (Lipinski definition) is 1. The fourth-order valence-corrected chi connectivity index (χ4v) is 4.06. The van der Waals surface area contributed by atoms with Crippen molar-refractivity contribution in [1.82, 2.24) is 20.2 Å². The van der Waals surface area contributed by atoms with Crippen LogP contribution in [0.5, 0.6) is 0 Å². The number of aromatic nitrogens is 2. The van der Waals surface area contributed by atoms with Crippen molar-refractivity contribution in [2.75, 3.05) is 19.6 Å². The smallest absolute Gasteiger partial charge is 0.223 e. The van der Waals surface area contributed by atoms with E-state index in [9.17, 15) is 4.79 Å². The molecule has 2 aliphatic rings.